The highest BCUT2D eigenvalue weighted by Gasteiger charge is 2.26. The lowest BCUT2D eigenvalue weighted by atomic mass is 9.89. The van der Waals surface area contributed by atoms with Crippen molar-refractivity contribution < 1.29 is 4.79 Å². The molecular weight excluding hydrogens is 422 g/mol. The third-order valence-corrected chi connectivity index (χ3v) is 7.87. The van der Waals surface area contributed by atoms with Crippen molar-refractivity contribution in [1.29, 1.82) is 0 Å². The predicted octanol–water partition coefficient (Wildman–Crippen LogP) is 6.24. The number of likely N-dealkylation sites (tertiary alicyclic amines) is 1. The van der Waals surface area contributed by atoms with E-state index < -0.39 is 0 Å². The number of fused-ring (bicyclic) bond motifs is 1. The van der Waals surface area contributed by atoms with Gasteiger partial charge in [-0.1, -0.05) is 18.2 Å². The zero-order valence-electron chi connectivity index (χ0n) is 17.5. The van der Waals surface area contributed by atoms with Crippen molar-refractivity contribution in [3.8, 4) is 0 Å². The quantitative estimate of drug-likeness (QED) is 0.368. The lowest BCUT2D eigenvalue weighted by Gasteiger charge is -2.32. The number of nitrogens with zero attached hydrogens (tertiary/aromatic N) is 2. The van der Waals surface area contributed by atoms with Crippen molar-refractivity contribution in [3.05, 3.63) is 81.9 Å². The van der Waals surface area contributed by atoms with Crippen LogP contribution in [0, 0.1) is 6.92 Å². The lowest BCUT2D eigenvalue weighted by molar-refractivity contribution is 0.0713. The van der Waals surface area contributed by atoms with Gasteiger partial charge in [-0.2, -0.15) is 0 Å². The molecule has 0 radical (unpaired) electrons. The van der Waals surface area contributed by atoms with E-state index in [0.717, 1.165) is 47.9 Å². The fraction of sp³-hybridized carbons (Fsp3) is 0.280. The molecule has 158 valence electrons. The van der Waals surface area contributed by atoms with Crippen LogP contribution in [0.2, 0.25) is 0 Å². The van der Waals surface area contributed by atoms with Crippen molar-refractivity contribution in [2.24, 2.45) is 0 Å². The summed E-state index contributed by atoms with van der Waals surface area (Å²) < 4.78 is 0. The molecule has 1 amide bonds. The first-order valence-corrected chi connectivity index (χ1v) is 12.5. The van der Waals surface area contributed by atoms with Crippen LogP contribution in [0.3, 0.4) is 0 Å². The third-order valence-electron chi connectivity index (χ3n) is 6.00. The van der Waals surface area contributed by atoms with E-state index in [4.69, 9.17) is 0 Å². The molecule has 6 heteroatoms. The molecule has 0 atom stereocenters. The summed E-state index contributed by atoms with van der Waals surface area (Å²) in [5.41, 5.74) is 4.48. The van der Waals surface area contributed by atoms with Crippen molar-refractivity contribution in [2.45, 2.75) is 36.3 Å². The van der Waals surface area contributed by atoms with Crippen molar-refractivity contribution in [1.82, 2.24) is 14.9 Å². The van der Waals surface area contributed by atoms with Gasteiger partial charge in [0, 0.05) is 51.8 Å². The summed E-state index contributed by atoms with van der Waals surface area (Å²) in [5, 5.41) is 4.53. The summed E-state index contributed by atoms with van der Waals surface area (Å²) in [7, 11) is 0. The molecule has 4 aromatic rings. The first-order chi connectivity index (χ1) is 15.2. The molecule has 3 heterocycles. The molecule has 1 fully saturated rings. The number of thioether (sulfide) groups is 1. The average molecular weight is 448 g/mol. The number of aromatic nitrogens is 2. The smallest absolute Gasteiger partial charge is 0.253 e. The molecule has 2 aromatic heterocycles. The van der Waals surface area contributed by atoms with E-state index in [2.05, 4.69) is 57.9 Å². The van der Waals surface area contributed by atoms with Crippen LogP contribution in [0.1, 0.15) is 45.4 Å². The number of hydrogen-bond acceptors (Lipinski definition) is 4. The minimum Gasteiger partial charge on any atom is -0.361 e. The topological polar surface area (TPSA) is 49.0 Å². The monoisotopic (exact) mass is 447 g/mol. The Morgan fingerprint density at radius 3 is 2.68 bits per heavy atom. The molecule has 0 bridgehead atoms. The van der Waals surface area contributed by atoms with E-state index in [9.17, 15) is 4.79 Å². The van der Waals surface area contributed by atoms with Gasteiger partial charge in [0.05, 0.1) is 10.7 Å². The predicted molar refractivity (Wildman–Crippen MR) is 129 cm³/mol. The number of carbonyl (C=O) groups excluding carboxylic acids is 1. The normalized spacial score (nSPS) is 14.9. The average Bonchev–Trinajstić information content (AvgIpc) is 3.44. The number of nitrogens with one attached hydrogen (secondary N) is 1. The molecular formula is C25H25N3OS2. The van der Waals surface area contributed by atoms with E-state index in [-0.39, 0.29) is 5.91 Å². The minimum atomic E-state index is 0.143. The maximum Gasteiger partial charge on any atom is 0.253 e. The first kappa shape index (κ1) is 20.3. The molecule has 31 heavy (non-hydrogen) atoms. The Morgan fingerprint density at radius 2 is 1.94 bits per heavy atom. The fourth-order valence-electron chi connectivity index (χ4n) is 4.33. The van der Waals surface area contributed by atoms with Crippen molar-refractivity contribution in [3.63, 3.8) is 0 Å². The lowest BCUT2D eigenvalue weighted by Crippen LogP contribution is -2.37. The van der Waals surface area contributed by atoms with Crippen molar-refractivity contribution >= 4 is 39.9 Å². The number of carbonyl (C=O) groups is 1. The molecule has 4 nitrogen and oxygen atoms in total. The van der Waals surface area contributed by atoms with Gasteiger partial charge in [-0.15, -0.1) is 23.1 Å². The molecule has 0 unspecified atom stereocenters. The van der Waals surface area contributed by atoms with Gasteiger partial charge in [-0.3, -0.25) is 4.79 Å². The van der Waals surface area contributed by atoms with Crippen LogP contribution in [-0.4, -0.2) is 33.9 Å². The Labute approximate surface area is 190 Å². The van der Waals surface area contributed by atoms with Crippen LogP contribution in [0.5, 0.6) is 0 Å². The Morgan fingerprint density at radius 1 is 1.16 bits per heavy atom. The molecule has 2 aromatic carbocycles. The van der Waals surface area contributed by atoms with Crippen molar-refractivity contribution in [2.75, 3.05) is 13.1 Å². The van der Waals surface area contributed by atoms with E-state index in [0.29, 0.717) is 5.92 Å². The molecule has 0 spiro atoms. The number of benzene rings is 2. The molecule has 0 aliphatic carbocycles. The van der Waals surface area contributed by atoms with E-state index >= 15 is 0 Å². The Bertz CT molecular complexity index is 1190. The number of rotatable bonds is 5. The second-order valence-corrected chi connectivity index (χ2v) is 10.1. The second kappa shape index (κ2) is 8.89. The van der Waals surface area contributed by atoms with Gasteiger partial charge in [0.1, 0.15) is 0 Å². The fourth-order valence-corrected chi connectivity index (χ4v) is 5.84. The third kappa shape index (κ3) is 4.41. The Balaban J connectivity index is 1.18. The maximum atomic E-state index is 13.0. The number of hydrogen-bond donors (Lipinski definition) is 1. The maximum absolute atomic E-state index is 13.0. The van der Waals surface area contributed by atoms with Crippen LogP contribution in [0.25, 0.3) is 10.9 Å². The summed E-state index contributed by atoms with van der Waals surface area (Å²) in [6.07, 6.45) is 4.17. The highest BCUT2D eigenvalue weighted by Crippen LogP contribution is 2.33. The number of thiazole rings is 1. The zero-order valence-corrected chi connectivity index (χ0v) is 19.1. The summed E-state index contributed by atoms with van der Waals surface area (Å²) in [5.74, 6) is 1.51. The first-order valence-electron chi connectivity index (χ1n) is 10.7. The number of piperidine rings is 1. The SMILES string of the molecule is Cc1nc(CSc2ccc(C(=O)N3CCC(c4c[nH]c5ccccc45)CC3)cc2)cs1. The number of para-hydroxylation sites is 1. The van der Waals surface area contributed by atoms with Gasteiger partial charge >= 0.3 is 0 Å². The number of aromatic amines is 1. The van der Waals surface area contributed by atoms with Gasteiger partial charge in [0.25, 0.3) is 5.91 Å². The molecule has 1 aliphatic heterocycles. The summed E-state index contributed by atoms with van der Waals surface area (Å²) >= 11 is 3.44. The van der Waals surface area contributed by atoms with Crippen LogP contribution >= 0.6 is 23.1 Å². The van der Waals surface area contributed by atoms with Crippen LogP contribution < -0.4 is 0 Å². The van der Waals surface area contributed by atoms with E-state index in [1.807, 2.05) is 24.0 Å². The van der Waals surface area contributed by atoms with Crippen LogP contribution in [0.4, 0.5) is 0 Å². The van der Waals surface area contributed by atoms with Crippen LogP contribution in [0.15, 0.2) is 65.0 Å². The Hall–Kier alpha value is -2.57. The van der Waals surface area contributed by atoms with Gasteiger partial charge in [0.2, 0.25) is 0 Å². The van der Waals surface area contributed by atoms with Gasteiger partial charge in [-0.25, -0.2) is 4.98 Å². The van der Waals surface area contributed by atoms with Gasteiger partial charge in [-0.05, 0) is 61.6 Å². The Kier molecular flexibility index (Phi) is 5.83. The molecule has 1 saturated heterocycles. The summed E-state index contributed by atoms with van der Waals surface area (Å²) in [4.78, 5) is 24.1. The molecule has 0 saturated carbocycles. The standard InChI is InChI=1S/C25H25N3OS2/c1-17-27-20(15-30-17)16-31-21-8-6-19(7-9-21)25(29)28-12-10-18(11-13-28)23-14-26-24-5-3-2-4-22(23)24/h2-9,14-15,18,26H,10-13,16H2,1H3. The molecule has 1 N–H and O–H groups in total. The number of aryl methyl sites for hydroxylation is 1. The van der Waals surface area contributed by atoms with Crippen LogP contribution in [-0.2, 0) is 5.75 Å². The van der Waals surface area contributed by atoms with Gasteiger partial charge < -0.3 is 9.88 Å². The number of amides is 1. The summed E-state index contributed by atoms with van der Waals surface area (Å²) in [6.45, 7) is 3.65. The highest BCUT2D eigenvalue weighted by molar-refractivity contribution is 7.98. The molecule has 5 rings (SSSR count). The highest BCUT2D eigenvalue weighted by atomic mass is 32.2. The number of H-pyrrole nitrogens is 1. The van der Waals surface area contributed by atoms with E-state index in [1.165, 1.54) is 21.4 Å². The summed E-state index contributed by atoms with van der Waals surface area (Å²) in [6, 6.07) is 16.5. The minimum absolute atomic E-state index is 0.143. The van der Waals surface area contributed by atoms with E-state index in [1.54, 1.807) is 23.1 Å². The van der Waals surface area contributed by atoms with Gasteiger partial charge in [0.15, 0.2) is 0 Å². The zero-order chi connectivity index (χ0) is 21.2. The second-order valence-electron chi connectivity index (χ2n) is 8.03. The largest absolute Gasteiger partial charge is 0.361 e. The molecule has 1 aliphatic rings.